The molecule has 1 atom stereocenters. The number of morpholine rings is 1. The van der Waals surface area contributed by atoms with Crippen LogP contribution in [-0.2, 0) is 4.74 Å². The molecule has 0 saturated carbocycles. The van der Waals surface area contributed by atoms with Crippen LogP contribution < -0.4 is 5.32 Å². The number of likely N-dealkylation sites (N-methyl/N-ethyl adjacent to an activating group) is 1. The number of carbonyl (C=O) groups is 1. The number of nitrogens with one attached hydrogen (secondary N) is 1. The molecule has 2 N–H and O–H groups in total. The second kappa shape index (κ2) is 8.15. The van der Waals surface area contributed by atoms with Crippen molar-refractivity contribution < 1.29 is 14.6 Å². The number of rotatable bonds is 4. The Balaban J connectivity index is 1.88. The summed E-state index contributed by atoms with van der Waals surface area (Å²) in [4.78, 5) is 15.1. The van der Waals surface area contributed by atoms with E-state index in [2.05, 4.69) is 29.0 Å². The molecule has 1 amide bonds. The van der Waals surface area contributed by atoms with E-state index >= 15 is 0 Å². The number of nitrogens with zero attached hydrogens (tertiary/aromatic N) is 1. The van der Waals surface area contributed by atoms with Crippen molar-refractivity contribution in [1.82, 2.24) is 10.2 Å². The zero-order valence-electron chi connectivity index (χ0n) is 12.1. The highest BCUT2D eigenvalue weighted by Crippen LogP contribution is 2.15. The van der Waals surface area contributed by atoms with Crippen LogP contribution in [0.1, 0.15) is 22.2 Å². The lowest BCUT2D eigenvalue weighted by atomic mass is 10.2. The van der Waals surface area contributed by atoms with Gasteiger partial charge in [-0.2, -0.15) is 0 Å². The fourth-order valence-electron chi connectivity index (χ4n) is 2.20. The number of amides is 1. The summed E-state index contributed by atoms with van der Waals surface area (Å²) in [5.41, 5.74) is 0.659. The molecule has 0 bridgehead atoms. The average Bonchev–Trinajstić information content (AvgIpc) is 2.99. The van der Waals surface area contributed by atoms with Crippen LogP contribution in [0, 0.1) is 11.8 Å². The third-order valence-corrected chi connectivity index (χ3v) is 4.25. The molecule has 0 aliphatic carbocycles. The van der Waals surface area contributed by atoms with Crippen LogP contribution >= 0.6 is 11.3 Å². The molecule has 1 saturated heterocycles. The molecule has 1 unspecified atom stereocenters. The third kappa shape index (κ3) is 4.55. The molecular formula is C15H20N2O3S. The number of ether oxygens (including phenoxy) is 1. The molecule has 1 fully saturated rings. The number of carbonyl (C=O) groups excluding carboxylic acids is 1. The van der Waals surface area contributed by atoms with Crippen molar-refractivity contribution in [2.75, 3.05) is 39.4 Å². The molecule has 0 aromatic carbocycles. The summed E-state index contributed by atoms with van der Waals surface area (Å²) in [6.07, 6.45) is 0.0367. The van der Waals surface area contributed by atoms with Crippen molar-refractivity contribution in [2.24, 2.45) is 0 Å². The monoisotopic (exact) mass is 308 g/mol. The minimum Gasteiger partial charge on any atom is -0.384 e. The van der Waals surface area contributed by atoms with E-state index < -0.39 is 0 Å². The Kier molecular flexibility index (Phi) is 6.21. The second-order valence-corrected chi connectivity index (χ2v) is 5.64. The van der Waals surface area contributed by atoms with Crippen molar-refractivity contribution in [1.29, 1.82) is 0 Å². The Morgan fingerprint density at radius 1 is 1.67 bits per heavy atom. The van der Waals surface area contributed by atoms with Crippen LogP contribution in [0.5, 0.6) is 0 Å². The predicted octanol–water partition coefficient (Wildman–Crippen LogP) is 0.542. The highest BCUT2D eigenvalue weighted by molar-refractivity contribution is 7.12. The van der Waals surface area contributed by atoms with E-state index in [1.54, 1.807) is 6.07 Å². The Hall–Kier alpha value is -1.39. The molecule has 1 aliphatic heterocycles. The van der Waals surface area contributed by atoms with E-state index in [0.717, 1.165) is 19.6 Å². The molecule has 2 rings (SSSR count). The first-order valence-corrected chi connectivity index (χ1v) is 7.92. The van der Waals surface area contributed by atoms with Gasteiger partial charge in [0.15, 0.2) is 0 Å². The summed E-state index contributed by atoms with van der Waals surface area (Å²) in [6, 6.07) is 1.79. The highest BCUT2D eigenvalue weighted by Gasteiger charge is 2.20. The van der Waals surface area contributed by atoms with Crippen molar-refractivity contribution in [3.05, 3.63) is 21.9 Å². The van der Waals surface area contributed by atoms with Gasteiger partial charge in [-0.3, -0.25) is 9.69 Å². The van der Waals surface area contributed by atoms with Crippen LogP contribution in [0.15, 0.2) is 11.4 Å². The van der Waals surface area contributed by atoms with Gasteiger partial charge in [-0.1, -0.05) is 18.8 Å². The van der Waals surface area contributed by atoms with Crippen LogP contribution in [0.4, 0.5) is 0 Å². The number of hydrogen-bond acceptors (Lipinski definition) is 5. The van der Waals surface area contributed by atoms with E-state index in [1.165, 1.54) is 11.3 Å². The first-order chi connectivity index (χ1) is 10.2. The van der Waals surface area contributed by atoms with E-state index in [1.807, 2.05) is 5.38 Å². The van der Waals surface area contributed by atoms with Gasteiger partial charge in [-0.15, -0.1) is 11.3 Å². The van der Waals surface area contributed by atoms with Gasteiger partial charge in [0, 0.05) is 25.2 Å². The van der Waals surface area contributed by atoms with Gasteiger partial charge in [0.25, 0.3) is 5.91 Å². The topological polar surface area (TPSA) is 61.8 Å². The van der Waals surface area contributed by atoms with Gasteiger partial charge < -0.3 is 15.2 Å². The molecule has 1 aliphatic rings. The fourth-order valence-corrected chi connectivity index (χ4v) is 2.96. The Labute approximate surface area is 128 Å². The summed E-state index contributed by atoms with van der Waals surface area (Å²) in [5, 5.41) is 13.5. The number of aliphatic hydroxyl groups excluding tert-OH is 1. The van der Waals surface area contributed by atoms with E-state index in [-0.39, 0.29) is 18.6 Å². The number of hydrogen-bond donors (Lipinski definition) is 2. The maximum atomic E-state index is 12.2. The van der Waals surface area contributed by atoms with Gasteiger partial charge in [0.1, 0.15) is 11.5 Å². The first kappa shape index (κ1) is 16.0. The quantitative estimate of drug-likeness (QED) is 0.797. The maximum absolute atomic E-state index is 12.2. The zero-order chi connectivity index (χ0) is 15.1. The van der Waals surface area contributed by atoms with Crippen LogP contribution in [0.3, 0.4) is 0 Å². The average molecular weight is 308 g/mol. The lowest BCUT2D eigenvalue weighted by molar-refractivity contribution is -0.0245. The van der Waals surface area contributed by atoms with E-state index in [0.29, 0.717) is 23.6 Å². The largest absolute Gasteiger partial charge is 0.384 e. The molecular weight excluding hydrogens is 288 g/mol. The minimum atomic E-state index is -0.209. The molecule has 114 valence electrons. The summed E-state index contributed by atoms with van der Waals surface area (Å²) in [7, 11) is 0. The number of aliphatic hydroxyl groups is 1. The summed E-state index contributed by atoms with van der Waals surface area (Å²) in [6.45, 7) is 5.92. The highest BCUT2D eigenvalue weighted by atomic mass is 32.1. The fraction of sp³-hybridized carbons (Fsp3) is 0.533. The maximum Gasteiger partial charge on any atom is 0.262 e. The lowest BCUT2D eigenvalue weighted by Crippen LogP contribution is -2.47. The zero-order valence-corrected chi connectivity index (χ0v) is 12.9. The Morgan fingerprint density at radius 3 is 3.29 bits per heavy atom. The predicted molar refractivity (Wildman–Crippen MR) is 82.5 cm³/mol. The van der Waals surface area contributed by atoms with Crippen LogP contribution in [-0.4, -0.2) is 61.4 Å². The second-order valence-electron chi connectivity index (χ2n) is 4.72. The molecule has 6 heteroatoms. The summed E-state index contributed by atoms with van der Waals surface area (Å²) >= 11 is 1.35. The normalized spacial score (nSPS) is 18.9. The molecule has 1 aromatic rings. The lowest BCUT2D eigenvalue weighted by Gasteiger charge is -2.32. The molecule has 0 radical (unpaired) electrons. The van der Waals surface area contributed by atoms with E-state index in [9.17, 15) is 4.79 Å². The van der Waals surface area contributed by atoms with Crippen molar-refractivity contribution in [3.8, 4) is 11.8 Å². The van der Waals surface area contributed by atoms with Crippen molar-refractivity contribution in [2.45, 2.75) is 13.0 Å². The minimum absolute atomic E-state index is 0.0367. The molecule has 0 spiro atoms. The smallest absolute Gasteiger partial charge is 0.262 e. The van der Waals surface area contributed by atoms with Gasteiger partial charge in [0.2, 0.25) is 0 Å². The van der Waals surface area contributed by atoms with Gasteiger partial charge in [0.05, 0.1) is 12.7 Å². The molecule has 21 heavy (non-hydrogen) atoms. The summed E-state index contributed by atoms with van der Waals surface area (Å²) in [5.74, 6) is 5.22. The van der Waals surface area contributed by atoms with Gasteiger partial charge in [-0.05, 0) is 18.0 Å². The Morgan fingerprint density at radius 2 is 2.52 bits per heavy atom. The standard InChI is InChI=1S/C15H20N2O3S/c1-2-17-6-8-20-13(11-17)10-16-15(19)14-12(4-3-7-18)5-9-21-14/h5,9,13,18H,2,6-8,10-11H2,1H3,(H,16,19). The SMILES string of the molecule is CCN1CCOC(CNC(=O)c2sccc2C#CCO)C1. The first-order valence-electron chi connectivity index (χ1n) is 7.04. The van der Waals surface area contributed by atoms with E-state index in [4.69, 9.17) is 9.84 Å². The van der Waals surface area contributed by atoms with Gasteiger partial charge in [-0.25, -0.2) is 0 Å². The Bertz CT molecular complexity index is 533. The summed E-state index contributed by atoms with van der Waals surface area (Å²) < 4.78 is 5.66. The van der Waals surface area contributed by atoms with Crippen molar-refractivity contribution in [3.63, 3.8) is 0 Å². The van der Waals surface area contributed by atoms with Crippen LogP contribution in [0.2, 0.25) is 0 Å². The van der Waals surface area contributed by atoms with Gasteiger partial charge >= 0.3 is 0 Å². The molecule has 1 aromatic heterocycles. The third-order valence-electron chi connectivity index (χ3n) is 3.33. The van der Waals surface area contributed by atoms with Crippen LogP contribution in [0.25, 0.3) is 0 Å². The number of thiophene rings is 1. The molecule has 2 heterocycles. The van der Waals surface area contributed by atoms with Crippen molar-refractivity contribution >= 4 is 17.2 Å². The molecule has 5 nitrogen and oxygen atoms in total.